The molecule has 0 amide bonds. The highest BCUT2D eigenvalue weighted by Crippen LogP contribution is 2.64. The molecule has 32 heavy (non-hydrogen) atoms. The van der Waals surface area contributed by atoms with Crippen LogP contribution in [-0.2, 0) is 16.0 Å². The van der Waals surface area contributed by atoms with Crippen LogP contribution in [0.25, 0.3) is 5.69 Å². The van der Waals surface area contributed by atoms with Crippen LogP contribution < -0.4 is 5.32 Å². The van der Waals surface area contributed by atoms with Gasteiger partial charge in [-0.05, 0) is 80.2 Å². The van der Waals surface area contributed by atoms with E-state index in [2.05, 4.69) is 60.4 Å². The average molecular weight is 434 g/mol. The molecule has 3 fully saturated rings. The minimum absolute atomic E-state index is 0.108. The van der Waals surface area contributed by atoms with E-state index in [1.54, 1.807) is 6.92 Å². The Morgan fingerprint density at radius 3 is 2.62 bits per heavy atom. The van der Waals surface area contributed by atoms with Gasteiger partial charge in [-0.1, -0.05) is 32.0 Å². The molecule has 1 aromatic carbocycles. The number of carbonyl (C=O) groups is 1. The summed E-state index contributed by atoms with van der Waals surface area (Å²) in [5, 5.41) is 8.72. The maximum Gasteiger partial charge on any atom is 0.302 e. The molecule has 1 aromatic heterocycles. The average Bonchev–Trinajstić information content (AvgIpc) is 3.32. The summed E-state index contributed by atoms with van der Waals surface area (Å²) in [5.41, 5.74) is 2.88. The molecule has 0 spiro atoms. The first-order valence-electron chi connectivity index (χ1n) is 12.5. The van der Waals surface area contributed by atoms with Crippen LogP contribution in [0.5, 0.6) is 0 Å². The Morgan fingerprint density at radius 1 is 1.06 bits per heavy atom. The lowest BCUT2D eigenvalue weighted by Crippen LogP contribution is -2.58. The van der Waals surface area contributed by atoms with Gasteiger partial charge in [0.1, 0.15) is 11.9 Å². The monoisotopic (exact) mass is 433 g/mol. The zero-order valence-corrected chi connectivity index (χ0v) is 19.5. The molecule has 3 aliphatic carbocycles. The van der Waals surface area contributed by atoms with Crippen LogP contribution in [0.15, 0.2) is 36.5 Å². The van der Waals surface area contributed by atoms with Crippen LogP contribution in [0, 0.1) is 28.6 Å². The van der Waals surface area contributed by atoms with Gasteiger partial charge >= 0.3 is 5.97 Å². The van der Waals surface area contributed by atoms with E-state index >= 15 is 0 Å². The van der Waals surface area contributed by atoms with Gasteiger partial charge in [0.15, 0.2) is 0 Å². The van der Waals surface area contributed by atoms with Crippen LogP contribution in [0.3, 0.4) is 0 Å². The van der Waals surface area contributed by atoms with Gasteiger partial charge in [-0.2, -0.15) is 5.10 Å². The van der Waals surface area contributed by atoms with E-state index in [-0.39, 0.29) is 22.9 Å². The van der Waals surface area contributed by atoms with Crippen molar-refractivity contribution in [2.24, 2.45) is 28.6 Å². The molecule has 1 N–H and O–H groups in total. The molecule has 2 heterocycles. The predicted molar refractivity (Wildman–Crippen MR) is 125 cm³/mol. The van der Waals surface area contributed by atoms with Crippen molar-refractivity contribution in [2.45, 2.75) is 77.9 Å². The highest BCUT2D eigenvalue weighted by molar-refractivity contribution is 5.66. The van der Waals surface area contributed by atoms with Crippen LogP contribution in [0.1, 0.15) is 64.9 Å². The van der Waals surface area contributed by atoms with Crippen molar-refractivity contribution in [3.05, 3.63) is 42.1 Å². The van der Waals surface area contributed by atoms with Gasteiger partial charge in [0.25, 0.3) is 0 Å². The minimum atomic E-state index is -0.117. The van der Waals surface area contributed by atoms with E-state index in [0.717, 1.165) is 30.4 Å². The summed E-state index contributed by atoms with van der Waals surface area (Å²) in [6.07, 6.45) is 10.4. The number of esters is 1. The van der Waals surface area contributed by atoms with Crippen molar-refractivity contribution < 1.29 is 9.53 Å². The third kappa shape index (κ3) is 2.82. The third-order valence-electron chi connectivity index (χ3n) is 9.82. The van der Waals surface area contributed by atoms with E-state index in [4.69, 9.17) is 9.84 Å². The van der Waals surface area contributed by atoms with Crippen molar-refractivity contribution in [1.29, 1.82) is 0 Å². The summed E-state index contributed by atoms with van der Waals surface area (Å²) >= 11 is 0. The number of fused-ring (bicyclic) bond motifs is 6. The fourth-order valence-electron chi connectivity index (χ4n) is 8.30. The number of ether oxygens (including phenoxy) is 1. The van der Waals surface area contributed by atoms with Crippen LogP contribution in [0.4, 0.5) is 5.82 Å². The number of nitrogens with one attached hydrogen (secondary N) is 1. The van der Waals surface area contributed by atoms with Gasteiger partial charge in [0.05, 0.1) is 11.9 Å². The maximum absolute atomic E-state index is 11.7. The molecule has 0 bridgehead atoms. The maximum atomic E-state index is 11.7. The van der Waals surface area contributed by atoms with Crippen molar-refractivity contribution in [2.75, 3.05) is 5.32 Å². The molecule has 7 atom stereocenters. The van der Waals surface area contributed by atoms with Gasteiger partial charge in [0, 0.05) is 23.9 Å². The lowest BCUT2D eigenvalue weighted by Gasteiger charge is -2.60. The topological polar surface area (TPSA) is 56.1 Å². The highest BCUT2D eigenvalue weighted by atomic mass is 16.5. The fraction of sp³-hybridized carbons (Fsp3) is 0.630. The largest absolute Gasteiger partial charge is 0.462 e. The van der Waals surface area contributed by atoms with Crippen molar-refractivity contribution >= 4 is 11.8 Å². The molecule has 2 aromatic rings. The summed E-state index contributed by atoms with van der Waals surface area (Å²) in [6.45, 7) is 6.50. The molecule has 170 valence electrons. The molecule has 1 aliphatic heterocycles. The Morgan fingerprint density at radius 2 is 1.84 bits per heavy atom. The molecule has 0 radical (unpaired) electrons. The van der Waals surface area contributed by atoms with Crippen LogP contribution >= 0.6 is 0 Å². The fourth-order valence-corrected chi connectivity index (χ4v) is 8.30. The number of rotatable bonds is 2. The Kier molecular flexibility index (Phi) is 4.51. The van der Waals surface area contributed by atoms with Gasteiger partial charge in [-0.3, -0.25) is 4.79 Å². The SMILES string of the molecule is CC(=O)O[C@H]1CCC2[C@@H]3CCC4Nc5c(cnn5-c5ccccc5)C[C@]4(C)C3CC[C@@]21C. The molecular formula is C27H35N3O2. The van der Waals surface area contributed by atoms with Crippen LogP contribution in [-0.4, -0.2) is 27.9 Å². The van der Waals surface area contributed by atoms with Crippen molar-refractivity contribution in [1.82, 2.24) is 9.78 Å². The van der Waals surface area contributed by atoms with E-state index < -0.39 is 0 Å². The second kappa shape index (κ2) is 7.10. The molecule has 3 saturated carbocycles. The molecule has 5 nitrogen and oxygen atoms in total. The zero-order valence-electron chi connectivity index (χ0n) is 19.5. The first kappa shape index (κ1) is 20.3. The Hall–Kier alpha value is -2.30. The summed E-state index contributed by atoms with van der Waals surface area (Å²) in [4.78, 5) is 11.7. The molecular weight excluding hydrogens is 398 g/mol. The molecule has 5 heteroatoms. The summed E-state index contributed by atoms with van der Waals surface area (Å²) in [5.74, 6) is 3.21. The Balaban J connectivity index is 1.29. The molecule has 6 rings (SSSR count). The summed E-state index contributed by atoms with van der Waals surface area (Å²) in [7, 11) is 0. The lowest BCUT2D eigenvalue weighted by atomic mass is 9.47. The quantitative estimate of drug-likeness (QED) is 0.646. The minimum Gasteiger partial charge on any atom is -0.462 e. The second-order valence-electron chi connectivity index (χ2n) is 11.3. The number of nitrogens with zero attached hydrogens (tertiary/aromatic N) is 2. The summed E-state index contributed by atoms with van der Waals surface area (Å²) < 4.78 is 7.91. The van der Waals surface area contributed by atoms with Gasteiger partial charge < -0.3 is 10.1 Å². The van der Waals surface area contributed by atoms with E-state index in [1.807, 2.05) is 0 Å². The normalized spacial score (nSPS) is 39.8. The Labute approximate surface area is 190 Å². The first-order valence-corrected chi connectivity index (χ1v) is 12.5. The van der Waals surface area contributed by atoms with E-state index in [9.17, 15) is 4.79 Å². The number of hydrogen-bond acceptors (Lipinski definition) is 4. The zero-order chi connectivity index (χ0) is 22.1. The van der Waals surface area contributed by atoms with E-state index in [0.29, 0.717) is 12.0 Å². The van der Waals surface area contributed by atoms with Crippen molar-refractivity contribution in [3.63, 3.8) is 0 Å². The molecule has 4 aliphatic rings. The number of carbonyl (C=O) groups excluding carboxylic acids is 1. The van der Waals surface area contributed by atoms with Gasteiger partial charge in [-0.15, -0.1) is 0 Å². The first-order chi connectivity index (χ1) is 15.4. The van der Waals surface area contributed by atoms with E-state index in [1.165, 1.54) is 43.5 Å². The number of hydrogen-bond donors (Lipinski definition) is 1. The third-order valence-corrected chi connectivity index (χ3v) is 9.82. The van der Waals surface area contributed by atoms with Crippen LogP contribution in [0.2, 0.25) is 0 Å². The number of anilines is 1. The van der Waals surface area contributed by atoms with Crippen molar-refractivity contribution in [3.8, 4) is 5.69 Å². The molecule has 0 saturated heterocycles. The number of aromatic nitrogens is 2. The smallest absolute Gasteiger partial charge is 0.302 e. The molecule has 3 unspecified atom stereocenters. The predicted octanol–water partition coefficient (Wildman–Crippen LogP) is 5.38. The lowest BCUT2D eigenvalue weighted by molar-refractivity contribution is -0.158. The van der Waals surface area contributed by atoms with Gasteiger partial charge in [0.2, 0.25) is 0 Å². The standard InChI is InChI=1S/C27H35N3O2/c1-17(31)32-24-12-10-21-20-9-11-23-27(3,22(20)13-14-26(21,24)2)15-18-16-28-30(25(18)29-23)19-7-5-4-6-8-19/h4-8,16,20-24,29H,9-15H2,1-3H3/t20-,21?,22?,23?,24-,26-,27+/m0/s1. The van der Waals surface area contributed by atoms with Gasteiger partial charge in [-0.25, -0.2) is 4.68 Å². The highest BCUT2D eigenvalue weighted by Gasteiger charge is 2.61. The second-order valence-corrected chi connectivity index (χ2v) is 11.3. The Bertz CT molecular complexity index is 1030. The summed E-state index contributed by atoms with van der Waals surface area (Å²) in [6, 6.07) is 10.9. The number of para-hydroxylation sites is 1. The number of benzene rings is 1.